The van der Waals surface area contributed by atoms with Gasteiger partial charge in [-0.05, 0) is 44.1 Å². The summed E-state index contributed by atoms with van der Waals surface area (Å²) in [5, 5.41) is 4.73. The summed E-state index contributed by atoms with van der Waals surface area (Å²) in [6, 6.07) is 2.71. The Balaban J connectivity index is 1.57. The van der Waals surface area contributed by atoms with Crippen molar-refractivity contribution < 1.29 is 4.74 Å². The van der Waals surface area contributed by atoms with Gasteiger partial charge < -0.3 is 10.5 Å². The molecule has 2 unspecified atom stereocenters. The molecule has 2 aliphatic rings. The Hall–Kier alpha value is -0.870. The molecule has 0 saturated heterocycles. The van der Waals surface area contributed by atoms with Crippen LogP contribution in [0.2, 0.25) is 0 Å². The van der Waals surface area contributed by atoms with Crippen LogP contribution < -0.4 is 5.73 Å². The van der Waals surface area contributed by atoms with Gasteiger partial charge in [0.05, 0.1) is 23.9 Å². The molecule has 118 valence electrons. The van der Waals surface area contributed by atoms with Crippen LogP contribution in [-0.2, 0) is 11.3 Å². The van der Waals surface area contributed by atoms with E-state index in [1.807, 2.05) is 0 Å². The van der Waals surface area contributed by atoms with Crippen LogP contribution in [0, 0.1) is 5.92 Å². The van der Waals surface area contributed by atoms with Crippen LogP contribution in [0.3, 0.4) is 0 Å². The molecule has 2 aliphatic carbocycles. The Morgan fingerprint density at radius 3 is 2.81 bits per heavy atom. The predicted molar refractivity (Wildman–Crippen MR) is 83.9 cm³/mol. The Labute approximate surface area is 128 Å². The van der Waals surface area contributed by atoms with E-state index in [9.17, 15) is 0 Å². The number of ether oxygens (including phenoxy) is 1. The molecule has 21 heavy (non-hydrogen) atoms. The van der Waals surface area contributed by atoms with Crippen molar-refractivity contribution in [1.82, 2.24) is 9.78 Å². The molecule has 4 nitrogen and oxygen atoms in total. The quantitative estimate of drug-likeness (QED) is 0.904. The van der Waals surface area contributed by atoms with E-state index in [0.29, 0.717) is 19.2 Å². The standard InChI is InChI=1S/C17H29N3O/c1-14-7-9-17(11-14,13-18)21-12-15-8-10-20(19-15)16-5-3-2-4-6-16/h8,10,14,16H,2-7,9,11-13,18H2,1H3. The predicted octanol–water partition coefficient (Wildman–Crippen LogP) is 3.42. The molecule has 1 aromatic heterocycles. The van der Waals surface area contributed by atoms with Gasteiger partial charge in [0.25, 0.3) is 0 Å². The highest BCUT2D eigenvalue weighted by molar-refractivity contribution is 5.00. The monoisotopic (exact) mass is 291 g/mol. The van der Waals surface area contributed by atoms with Gasteiger partial charge in [-0.3, -0.25) is 4.68 Å². The van der Waals surface area contributed by atoms with Crippen LogP contribution in [0.4, 0.5) is 0 Å². The van der Waals surface area contributed by atoms with Crippen molar-refractivity contribution >= 4 is 0 Å². The first-order valence-corrected chi connectivity index (χ1v) is 8.59. The van der Waals surface area contributed by atoms with E-state index < -0.39 is 0 Å². The zero-order valence-electron chi connectivity index (χ0n) is 13.3. The lowest BCUT2D eigenvalue weighted by atomic mass is 9.96. The van der Waals surface area contributed by atoms with Crippen molar-refractivity contribution in [3.8, 4) is 0 Å². The van der Waals surface area contributed by atoms with Crippen LogP contribution >= 0.6 is 0 Å². The van der Waals surface area contributed by atoms with Gasteiger partial charge >= 0.3 is 0 Å². The third-order valence-corrected chi connectivity index (χ3v) is 5.32. The molecule has 0 bridgehead atoms. The molecular weight excluding hydrogens is 262 g/mol. The summed E-state index contributed by atoms with van der Waals surface area (Å²) in [6.07, 6.45) is 12.1. The summed E-state index contributed by atoms with van der Waals surface area (Å²) in [4.78, 5) is 0. The SMILES string of the molecule is CC1CCC(CN)(OCc2ccn(C3CCCCC3)n2)C1. The van der Waals surface area contributed by atoms with E-state index in [4.69, 9.17) is 15.6 Å². The molecule has 0 spiro atoms. The molecule has 2 saturated carbocycles. The fourth-order valence-corrected chi connectivity index (χ4v) is 3.95. The number of aromatic nitrogens is 2. The maximum absolute atomic E-state index is 6.20. The number of hydrogen-bond donors (Lipinski definition) is 1. The summed E-state index contributed by atoms with van der Waals surface area (Å²) < 4.78 is 8.35. The van der Waals surface area contributed by atoms with Gasteiger partial charge in [-0.15, -0.1) is 0 Å². The van der Waals surface area contributed by atoms with Gasteiger partial charge in [0, 0.05) is 12.7 Å². The second-order valence-electron chi connectivity index (χ2n) is 7.10. The molecule has 0 aliphatic heterocycles. The van der Waals surface area contributed by atoms with E-state index in [-0.39, 0.29) is 5.60 Å². The number of nitrogens with two attached hydrogens (primary N) is 1. The van der Waals surface area contributed by atoms with E-state index in [2.05, 4.69) is 23.9 Å². The summed E-state index contributed by atoms with van der Waals surface area (Å²) in [5.74, 6) is 0.730. The smallest absolute Gasteiger partial charge is 0.0914 e. The average Bonchev–Trinajstić information content (AvgIpc) is 3.14. The maximum atomic E-state index is 6.20. The summed E-state index contributed by atoms with van der Waals surface area (Å²) in [7, 11) is 0. The molecule has 0 radical (unpaired) electrons. The molecule has 2 atom stereocenters. The number of rotatable bonds is 5. The summed E-state index contributed by atoms with van der Waals surface area (Å²) >= 11 is 0. The summed E-state index contributed by atoms with van der Waals surface area (Å²) in [6.45, 7) is 3.52. The Bertz CT molecular complexity index is 453. The van der Waals surface area contributed by atoms with Crippen molar-refractivity contribution in [2.75, 3.05) is 6.54 Å². The molecule has 2 N–H and O–H groups in total. The van der Waals surface area contributed by atoms with Gasteiger partial charge in [-0.25, -0.2) is 0 Å². The minimum atomic E-state index is -0.103. The van der Waals surface area contributed by atoms with Crippen LogP contribution in [-0.4, -0.2) is 21.9 Å². The Morgan fingerprint density at radius 1 is 1.33 bits per heavy atom. The van der Waals surface area contributed by atoms with Crippen LogP contribution in [0.1, 0.15) is 70.0 Å². The average molecular weight is 291 g/mol. The van der Waals surface area contributed by atoms with Gasteiger partial charge in [-0.2, -0.15) is 5.10 Å². The van der Waals surface area contributed by atoms with Crippen molar-refractivity contribution in [3.05, 3.63) is 18.0 Å². The maximum Gasteiger partial charge on any atom is 0.0914 e. The number of hydrogen-bond acceptors (Lipinski definition) is 3. The molecule has 3 rings (SSSR count). The molecular formula is C17H29N3O. The minimum Gasteiger partial charge on any atom is -0.367 e. The highest BCUT2D eigenvalue weighted by atomic mass is 16.5. The number of nitrogens with zero attached hydrogens (tertiary/aromatic N) is 2. The lowest BCUT2D eigenvalue weighted by molar-refractivity contribution is -0.0486. The van der Waals surface area contributed by atoms with E-state index in [1.54, 1.807) is 0 Å². The van der Waals surface area contributed by atoms with E-state index in [0.717, 1.165) is 24.5 Å². The lowest BCUT2D eigenvalue weighted by Crippen LogP contribution is -2.38. The highest BCUT2D eigenvalue weighted by Crippen LogP contribution is 2.37. The molecule has 0 amide bonds. The van der Waals surface area contributed by atoms with Crippen molar-refractivity contribution in [1.29, 1.82) is 0 Å². The highest BCUT2D eigenvalue weighted by Gasteiger charge is 2.37. The zero-order chi connectivity index (χ0) is 14.7. The van der Waals surface area contributed by atoms with Gasteiger partial charge in [0.15, 0.2) is 0 Å². The van der Waals surface area contributed by atoms with Crippen molar-refractivity contribution in [3.63, 3.8) is 0 Å². The van der Waals surface area contributed by atoms with E-state index >= 15 is 0 Å². The lowest BCUT2D eigenvalue weighted by Gasteiger charge is -2.27. The minimum absolute atomic E-state index is 0.103. The Kier molecular flexibility index (Phi) is 4.65. The van der Waals surface area contributed by atoms with Gasteiger partial charge in [0.1, 0.15) is 0 Å². The second-order valence-corrected chi connectivity index (χ2v) is 7.10. The van der Waals surface area contributed by atoms with Crippen LogP contribution in [0.15, 0.2) is 12.3 Å². The molecule has 0 aromatic carbocycles. The van der Waals surface area contributed by atoms with Gasteiger partial charge in [-0.1, -0.05) is 26.2 Å². The first-order chi connectivity index (χ1) is 10.2. The first-order valence-electron chi connectivity index (χ1n) is 8.59. The third-order valence-electron chi connectivity index (χ3n) is 5.32. The van der Waals surface area contributed by atoms with Crippen LogP contribution in [0.25, 0.3) is 0 Å². The molecule has 1 aromatic rings. The third kappa shape index (κ3) is 3.49. The normalized spacial score (nSPS) is 30.9. The molecule has 1 heterocycles. The van der Waals surface area contributed by atoms with Crippen molar-refractivity contribution in [2.24, 2.45) is 11.7 Å². The molecule has 4 heteroatoms. The van der Waals surface area contributed by atoms with E-state index in [1.165, 1.54) is 38.5 Å². The molecule has 2 fully saturated rings. The van der Waals surface area contributed by atoms with Crippen LogP contribution in [0.5, 0.6) is 0 Å². The second kappa shape index (κ2) is 6.49. The Morgan fingerprint density at radius 2 is 2.14 bits per heavy atom. The fourth-order valence-electron chi connectivity index (χ4n) is 3.95. The topological polar surface area (TPSA) is 53.1 Å². The fraction of sp³-hybridized carbons (Fsp3) is 0.824. The van der Waals surface area contributed by atoms with Gasteiger partial charge in [0.2, 0.25) is 0 Å². The van der Waals surface area contributed by atoms with Crippen molar-refractivity contribution in [2.45, 2.75) is 76.5 Å². The largest absolute Gasteiger partial charge is 0.367 e. The summed E-state index contributed by atoms with van der Waals surface area (Å²) in [5.41, 5.74) is 6.91. The zero-order valence-corrected chi connectivity index (χ0v) is 13.3. The first kappa shape index (κ1) is 15.0.